The Hall–Kier alpha value is -2.18. The topological polar surface area (TPSA) is 58.6 Å². The van der Waals surface area contributed by atoms with E-state index in [-0.39, 0.29) is 17.9 Å². The van der Waals surface area contributed by atoms with Gasteiger partial charge in [-0.2, -0.15) is 0 Å². The maximum Gasteiger partial charge on any atom is 0.251 e. The third kappa shape index (κ3) is 4.23. The van der Waals surface area contributed by atoms with Crippen molar-refractivity contribution >= 4 is 23.2 Å². The molecule has 3 heterocycles. The minimum atomic E-state index is -0.466. The van der Waals surface area contributed by atoms with E-state index in [9.17, 15) is 9.59 Å². The standard InChI is InChI=1S/C23H28N2O3S/c1-24-22(27)23(10-12-25(13-11-23)21(26)19-4-2-14-28-19)16-17-6-8-18(9-7-17)20-5-3-15-29-20/h3,5-9,15,19H,2,4,10-14,16H2,1H3,(H,24,27). The maximum absolute atomic E-state index is 12.8. The highest BCUT2D eigenvalue weighted by molar-refractivity contribution is 7.13. The van der Waals surface area contributed by atoms with Crippen LogP contribution in [0.5, 0.6) is 0 Å². The van der Waals surface area contributed by atoms with Crippen LogP contribution >= 0.6 is 11.3 Å². The van der Waals surface area contributed by atoms with Crippen molar-refractivity contribution in [1.82, 2.24) is 10.2 Å². The van der Waals surface area contributed by atoms with Crippen LogP contribution in [-0.2, 0) is 20.7 Å². The van der Waals surface area contributed by atoms with Gasteiger partial charge in [-0.05, 0) is 54.7 Å². The molecular weight excluding hydrogens is 384 g/mol. The smallest absolute Gasteiger partial charge is 0.251 e. The maximum atomic E-state index is 12.8. The molecule has 2 aromatic rings. The number of thiophene rings is 1. The van der Waals surface area contributed by atoms with Gasteiger partial charge in [0.15, 0.2) is 0 Å². The van der Waals surface area contributed by atoms with Crippen LogP contribution in [0.3, 0.4) is 0 Å². The molecule has 1 unspecified atom stereocenters. The van der Waals surface area contributed by atoms with Crippen LogP contribution in [0.2, 0.25) is 0 Å². The van der Waals surface area contributed by atoms with E-state index in [2.05, 4.69) is 47.1 Å². The van der Waals surface area contributed by atoms with E-state index < -0.39 is 5.41 Å². The molecule has 5 nitrogen and oxygen atoms in total. The molecule has 29 heavy (non-hydrogen) atoms. The fourth-order valence-corrected chi connectivity index (χ4v) is 5.23. The Morgan fingerprint density at radius 3 is 2.55 bits per heavy atom. The minimum absolute atomic E-state index is 0.0732. The summed E-state index contributed by atoms with van der Waals surface area (Å²) in [4.78, 5) is 28.6. The van der Waals surface area contributed by atoms with Crippen LogP contribution < -0.4 is 5.32 Å². The Morgan fingerprint density at radius 2 is 1.97 bits per heavy atom. The number of nitrogens with zero attached hydrogens (tertiary/aromatic N) is 1. The molecular formula is C23H28N2O3S. The SMILES string of the molecule is CNC(=O)C1(Cc2ccc(-c3cccs3)cc2)CCN(C(=O)C2CCCO2)CC1. The summed E-state index contributed by atoms with van der Waals surface area (Å²) in [6.07, 6.45) is 3.53. The molecule has 1 aromatic heterocycles. The van der Waals surface area contributed by atoms with Crippen molar-refractivity contribution in [3.8, 4) is 10.4 Å². The number of nitrogens with one attached hydrogen (secondary N) is 1. The predicted octanol–water partition coefficient (Wildman–Crippen LogP) is 3.49. The van der Waals surface area contributed by atoms with Gasteiger partial charge in [-0.1, -0.05) is 30.3 Å². The van der Waals surface area contributed by atoms with Crippen molar-refractivity contribution in [2.45, 2.75) is 38.2 Å². The first kappa shape index (κ1) is 20.1. The molecule has 2 aliphatic heterocycles. The summed E-state index contributed by atoms with van der Waals surface area (Å²) in [7, 11) is 1.70. The van der Waals surface area contributed by atoms with E-state index in [4.69, 9.17) is 4.74 Å². The molecule has 0 radical (unpaired) electrons. The molecule has 2 fully saturated rings. The Labute approximate surface area is 176 Å². The Bertz CT molecular complexity index is 834. The molecule has 1 atom stereocenters. The number of hydrogen-bond acceptors (Lipinski definition) is 4. The zero-order valence-corrected chi connectivity index (χ0v) is 17.7. The highest BCUT2D eigenvalue weighted by Crippen LogP contribution is 2.37. The van der Waals surface area contributed by atoms with Crippen LogP contribution in [0.25, 0.3) is 10.4 Å². The second kappa shape index (κ2) is 8.67. The van der Waals surface area contributed by atoms with Gasteiger partial charge in [-0.3, -0.25) is 9.59 Å². The molecule has 1 aromatic carbocycles. The molecule has 154 valence electrons. The highest BCUT2D eigenvalue weighted by atomic mass is 32.1. The fourth-order valence-electron chi connectivity index (χ4n) is 4.50. The first-order valence-electron chi connectivity index (χ1n) is 10.4. The lowest BCUT2D eigenvalue weighted by Crippen LogP contribution is -2.52. The minimum Gasteiger partial charge on any atom is -0.368 e. The van der Waals surface area contributed by atoms with Crippen molar-refractivity contribution in [1.29, 1.82) is 0 Å². The van der Waals surface area contributed by atoms with Gasteiger partial charge in [0.25, 0.3) is 5.91 Å². The van der Waals surface area contributed by atoms with Crippen molar-refractivity contribution in [2.75, 3.05) is 26.7 Å². The average Bonchev–Trinajstić information content (AvgIpc) is 3.48. The van der Waals surface area contributed by atoms with Gasteiger partial charge in [-0.25, -0.2) is 0 Å². The van der Waals surface area contributed by atoms with Gasteiger partial charge < -0.3 is 15.0 Å². The summed E-state index contributed by atoms with van der Waals surface area (Å²) >= 11 is 1.73. The lowest BCUT2D eigenvalue weighted by molar-refractivity contribution is -0.146. The lowest BCUT2D eigenvalue weighted by atomic mass is 9.72. The molecule has 0 bridgehead atoms. The lowest BCUT2D eigenvalue weighted by Gasteiger charge is -2.41. The van der Waals surface area contributed by atoms with E-state index in [1.165, 1.54) is 10.4 Å². The van der Waals surface area contributed by atoms with Crippen molar-refractivity contribution in [3.63, 3.8) is 0 Å². The molecule has 4 rings (SSSR count). The molecule has 1 N–H and O–H groups in total. The predicted molar refractivity (Wildman–Crippen MR) is 115 cm³/mol. The van der Waals surface area contributed by atoms with E-state index in [1.807, 2.05) is 4.90 Å². The summed E-state index contributed by atoms with van der Waals surface area (Å²) in [5, 5.41) is 4.94. The third-order valence-electron chi connectivity index (χ3n) is 6.25. The highest BCUT2D eigenvalue weighted by Gasteiger charge is 2.43. The average molecular weight is 413 g/mol. The van der Waals surface area contributed by atoms with Gasteiger partial charge in [0, 0.05) is 31.6 Å². The zero-order chi connectivity index (χ0) is 20.3. The monoisotopic (exact) mass is 412 g/mol. The van der Waals surface area contributed by atoms with Crippen molar-refractivity contribution < 1.29 is 14.3 Å². The second-order valence-electron chi connectivity index (χ2n) is 8.04. The number of benzene rings is 1. The Balaban J connectivity index is 1.45. The number of carbonyl (C=O) groups is 2. The molecule has 0 saturated carbocycles. The van der Waals surface area contributed by atoms with Gasteiger partial charge in [0.1, 0.15) is 6.10 Å². The molecule has 0 aliphatic carbocycles. The first-order chi connectivity index (χ1) is 14.1. The Morgan fingerprint density at radius 1 is 1.21 bits per heavy atom. The van der Waals surface area contributed by atoms with Gasteiger partial charge in [0.2, 0.25) is 5.91 Å². The van der Waals surface area contributed by atoms with Crippen LogP contribution in [-0.4, -0.2) is 49.6 Å². The number of ether oxygens (including phenoxy) is 1. The van der Waals surface area contributed by atoms with Crippen molar-refractivity contribution in [3.05, 3.63) is 47.3 Å². The summed E-state index contributed by atoms with van der Waals surface area (Å²) < 4.78 is 5.56. The number of piperidine rings is 1. The zero-order valence-electron chi connectivity index (χ0n) is 16.9. The van der Waals surface area contributed by atoms with Gasteiger partial charge in [-0.15, -0.1) is 11.3 Å². The van der Waals surface area contributed by atoms with E-state index in [0.29, 0.717) is 39.0 Å². The first-order valence-corrected chi connectivity index (χ1v) is 11.2. The normalized spacial score (nSPS) is 21.1. The largest absolute Gasteiger partial charge is 0.368 e. The molecule has 0 spiro atoms. The summed E-state index contributed by atoms with van der Waals surface area (Å²) in [6.45, 7) is 1.90. The number of likely N-dealkylation sites (tertiary alicyclic amines) is 1. The summed E-state index contributed by atoms with van der Waals surface area (Å²) in [5.41, 5.74) is 1.90. The van der Waals surface area contributed by atoms with E-state index in [1.54, 1.807) is 18.4 Å². The van der Waals surface area contributed by atoms with E-state index in [0.717, 1.165) is 18.4 Å². The number of hydrogen-bond donors (Lipinski definition) is 1. The Kier molecular flexibility index (Phi) is 6.01. The van der Waals surface area contributed by atoms with Crippen LogP contribution in [0, 0.1) is 5.41 Å². The van der Waals surface area contributed by atoms with Crippen LogP contribution in [0.15, 0.2) is 41.8 Å². The molecule has 2 aliphatic rings. The number of amides is 2. The molecule has 2 saturated heterocycles. The van der Waals surface area contributed by atoms with Gasteiger partial charge in [0.05, 0.1) is 5.41 Å². The summed E-state index contributed by atoms with van der Waals surface area (Å²) in [6, 6.07) is 12.7. The quantitative estimate of drug-likeness (QED) is 0.818. The van der Waals surface area contributed by atoms with Crippen molar-refractivity contribution in [2.24, 2.45) is 5.41 Å². The van der Waals surface area contributed by atoms with Crippen LogP contribution in [0.4, 0.5) is 0 Å². The molecule has 2 amide bonds. The molecule has 6 heteroatoms. The fraction of sp³-hybridized carbons (Fsp3) is 0.478. The third-order valence-corrected chi connectivity index (χ3v) is 7.17. The van der Waals surface area contributed by atoms with Crippen LogP contribution in [0.1, 0.15) is 31.2 Å². The number of rotatable bonds is 5. The van der Waals surface area contributed by atoms with Gasteiger partial charge >= 0.3 is 0 Å². The van der Waals surface area contributed by atoms with E-state index >= 15 is 0 Å². The number of carbonyl (C=O) groups excluding carboxylic acids is 2. The summed E-state index contributed by atoms with van der Waals surface area (Å²) in [5.74, 6) is 0.164. The second-order valence-corrected chi connectivity index (χ2v) is 8.99.